The van der Waals surface area contributed by atoms with Gasteiger partial charge in [-0.15, -0.1) is 0 Å². The number of hydrogen-bond acceptors (Lipinski definition) is 3. The Kier molecular flexibility index (Phi) is 4.92. The first kappa shape index (κ1) is 17.7. The summed E-state index contributed by atoms with van der Waals surface area (Å²) in [5.74, 6) is 0.394. The number of piperidine rings is 1. The Morgan fingerprint density at radius 1 is 1.00 bits per heavy atom. The molecule has 2 aromatic rings. The van der Waals surface area contributed by atoms with Crippen LogP contribution >= 0.6 is 0 Å². The molecule has 5 nitrogen and oxygen atoms in total. The molecule has 5 heteroatoms. The van der Waals surface area contributed by atoms with E-state index < -0.39 is 0 Å². The van der Waals surface area contributed by atoms with Crippen molar-refractivity contribution in [3.8, 4) is 0 Å². The molecule has 2 amide bonds. The fraction of sp³-hybridized carbons (Fsp3) is 0.409. The maximum Gasteiger partial charge on any atom is 0.227 e. The molecule has 140 valence electrons. The second kappa shape index (κ2) is 7.51. The van der Waals surface area contributed by atoms with Gasteiger partial charge >= 0.3 is 0 Å². The van der Waals surface area contributed by atoms with Gasteiger partial charge in [0, 0.05) is 44.0 Å². The van der Waals surface area contributed by atoms with E-state index in [0.29, 0.717) is 19.4 Å². The summed E-state index contributed by atoms with van der Waals surface area (Å²) in [4.78, 5) is 33.3. The van der Waals surface area contributed by atoms with Gasteiger partial charge in [0.15, 0.2) is 0 Å². The second-order valence-electron chi connectivity index (χ2n) is 7.61. The molecule has 2 aliphatic rings. The van der Waals surface area contributed by atoms with E-state index in [4.69, 9.17) is 0 Å². The van der Waals surface area contributed by atoms with Crippen LogP contribution < -0.4 is 0 Å². The number of carbonyl (C=O) groups is 2. The molecule has 2 aliphatic heterocycles. The van der Waals surface area contributed by atoms with Gasteiger partial charge in [0.2, 0.25) is 11.8 Å². The normalized spacial score (nSPS) is 18.9. The van der Waals surface area contributed by atoms with Crippen molar-refractivity contribution in [2.24, 2.45) is 0 Å². The monoisotopic (exact) mass is 363 g/mol. The molecule has 1 aromatic carbocycles. The van der Waals surface area contributed by atoms with Gasteiger partial charge in [-0.1, -0.05) is 36.4 Å². The van der Waals surface area contributed by atoms with Crippen LogP contribution in [0.2, 0.25) is 0 Å². The van der Waals surface area contributed by atoms with E-state index >= 15 is 0 Å². The number of aromatic nitrogens is 1. The van der Waals surface area contributed by atoms with Crippen molar-refractivity contribution in [1.82, 2.24) is 14.8 Å². The minimum absolute atomic E-state index is 0.0853. The summed E-state index contributed by atoms with van der Waals surface area (Å²) in [5, 5.41) is 0. The van der Waals surface area contributed by atoms with E-state index in [1.807, 2.05) is 35.2 Å². The third-order valence-electron chi connectivity index (χ3n) is 5.99. The quantitative estimate of drug-likeness (QED) is 0.839. The van der Waals surface area contributed by atoms with Crippen LogP contribution in [0.5, 0.6) is 0 Å². The lowest BCUT2D eigenvalue weighted by molar-refractivity contribution is -0.136. The number of benzene rings is 1. The molecule has 2 fully saturated rings. The highest BCUT2D eigenvalue weighted by atomic mass is 16.2. The zero-order chi connectivity index (χ0) is 18.7. The SMILES string of the molecule is O=C(Cc1cccnc1)N1CCC2(CCC(=O)N2Cc2ccccc2)CC1. The van der Waals surface area contributed by atoms with E-state index in [0.717, 1.165) is 37.9 Å². The van der Waals surface area contributed by atoms with E-state index in [1.165, 1.54) is 5.56 Å². The summed E-state index contributed by atoms with van der Waals surface area (Å²) >= 11 is 0. The molecule has 3 heterocycles. The van der Waals surface area contributed by atoms with Crippen LogP contribution in [-0.2, 0) is 22.6 Å². The van der Waals surface area contributed by atoms with Gasteiger partial charge in [-0.05, 0) is 36.5 Å². The van der Waals surface area contributed by atoms with E-state index in [1.54, 1.807) is 12.4 Å². The van der Waals surface area contributed by atoms with Crippen LogP contribution in [0, 0.1) is 0 Å². The summed E-state index contributed by atoms with van der Waals surface area (Å²) in [6.07, 6.45) is 7.12. The molecule has 0 N–H and O–H groups in total. The van der Waals surface area contributed by atoms with Gasteiger partial charge < -0.3 is 9.80 Å². The van der Waals surface area contributed by atoms with Gasteiger partial charge in [0.1, 0.15) is 0 Å². The summed E-state index contributed by atoms with van der Waals surface area (Å²) < 4.78 is 0. The molecule has 0 atom stereocenters. The molecule has 0 bridgehead atoms. The highest BCUT2D eigenvalue weighted by Gasteiger charge is 2.47. The van der Waals surface area contributed by atoms with Gasteiger partial charge in [0.05, 0.1) is 6.42 Å². The van der Waals surface area contributed by atoms with Gasteiger partial charge in [-0.3, -0.25) is 14.6 Å². The van der Waals surface area contributed by atoms with Gasteiger partial charge in [-0.2, -0.15) is 0 Å². The molecule has 27 heavy (non-hydrogen) atoms. The van der Waals surface area contributed by atoms with Crippen LogP contribution in [0.4, 0.5) is 0 Å². The Morgan fingerprint density at radius 2 is 1.74 bits per heavy atom. The summed E-state index contributed by atoms with van der Waals surface area (Å²) in [6.45, 7) is 2.11. The van der Waals surface area contributed by atoms with Crippen molar-refractivity contribution in [1.29, 1.82) is 0 Å². The maximum absolute atomic E-state index is 12.6. The van der Waals surface area contributed by atoms with Gasteiger partial charge in [-0.25, -0.2) is 0 Å². The van der Waals surface area contributed by atoms with Crippen molar-refractivity contribution >= 4 is 11.8 Å². The molecule has 0 aliphatic carbocycles. The molecular formula is C22H25N3O2. The summed E-state index contributed by atoms with van der Waals surface area (Å²) in [5.41, 5.74) is 2.03. The molecule has 4 rings (SSSR count). The lowest BCUT2D eigenvalue weighted by atomic mass is 9.84. The smallest absolute Gasteiger partial charge is 0.227 e. The minimum Gasteiger partial charge on any atom is -0.342 e. The number of nitrogens with zero attached hydrogens (tertiary/aromatic N) is 3. The predicted octanol–water partition coefficient (Wildman–Crippen LogP) is 2.81. The number of carbonyl (C=O) groups excluding carboxylic acids is 2. The van der Waals surface area contributed by atoms with Gasteiger partial charge in [0.25, 0.3) is 0 Å². The topological polar surface area (TPSA) is 53.5 Å². The van der Waals surface area contributed by atoms with Crippen LogP contribution in [-0.4, -0.2) is 45.2 Å². The van der Waals surface area contributed by atoms with Crippen LogP contribution in [0.15, 0.2) is 54.9 Å². The van der Waals surface area contributed by atoms with E-state index in [-0.39, 0.29) is 17.4 Å². The Labute approximate surface area is 160 Å². The number of pyridine rings is 1. The average molecular weight is 363 g/mol. The third kappa shape index (κ3) is 3.72. The summed E-state index contributed by atoms with van der Waals surface area (Å²) in [6, 6.07) is 14.0. The highest BCUT2D eigenvalue weighted by Crippen LogP contribution is 2.40. The number of likely N-dealkylation sites (tertiary alicyclic amines) is 2. The Bertz CT molecular complexity index is 799. The highest BCUT2D eigenvalue weighted by molar-refractivity contribution is 5.81. The van der Waals surface area contributed by atoms with Crippen LogP contribution in [0.25, 0.3) is 0 Å². The lowest BCUT2D eigenvalue weighted by Crippen LogP contribution is -2.54. The summed E-state index contributed by atoms with van der Waals surface area (Å²) in [7, 11) is 0. The first-order valence-corrected chi connectivity index (χ1v) is 9.67. The zero-order valence-electron chi connectivity index (χ0n) is 15.5. The predicted molar refractivity (Wildman–Crippen MR) is 103 cm³/mol. The second-order valence-corrected chi connectivity index (χ2v) is 7.61. The largest absolute Gasteiger partial charge is 0.342 e. The minimum atomic E-state index is -0.0853. The van der Waals surface area contributed by atoms with Crippen LogP contribution in [0.3, 0.4) is 0 Å². The zero-order valence-corrected chi connectivity index (χ0v) is 15.5. The van der Waals surface area contributed by atoms with Crippen molar-refractivity contribution in [2.45, 2.75) is 44.2 Å². The molecule has 2 saturated heterocycles. The molecule has 0 unspecified atom stereocenters. The van der Waals surface area contributed by atoms with Crippen molar-refractivity contribution in [3.05, 3.63) is 66.0 Å². The molecule has 1 spiro atoms. The Morgan fingerprint density at radius 3 is 2.44 bits per heavy atom. The molecular weight excluding hydrogens is 338 g/mol. The van der Waals surface area contributed by atoms with E-state index in [2.05, 4.69) is 22.0 Å². The fourth-order valence-electron chi connectivity index (χ4n) is 4.38. The van der Waals surface area contributed by atoms with Crippen molar-refractivity contribution in [3.63, 3.8) is 0 Å². The Balaban J connectivity index is 1.40. The van der Waals surface area contributed by atoms with Crippen LogP contribution in [0.1, 0.15) is 36.8 Å². The fourth-order valence-corrected chi connectivity index (χ4v) is 4.38. The number of amides is 2. The third-order valence-corrected chi connectivity index (χ3v) is 5.99. The standard InChI is InChI=1S/C22H25N3O2/c26-20-8-9-22(25(20)17-18-5-2-1-3-6-18)10-13-24(14-11-22)21(27)15-19-7-4-12-23-16-19/h1-7,12,16H,8-11,13-15,17H2. The lowest BCUT2D eigenvalue weighted by Gasteiger charge is -2.45. The molecule has 0 saturated carbocycles. The first-order valence-electron chi connectivity index (χ1n) is 9.67. The average Bonchev–Trinajstić information content (AvgIpc) is 3.00. The Hall–Kier alpha value is -2.69. The number of hydrogen-bond donors (Lipinski definition) is 0. The number of rotatable bonds is 4. The van der Waals surface area contributed by atoms with Crippen molar-refractivity contribution < 1.29 is 9.59 Å². The molecule has 1 aromatic heterocycles. The van der Waals surface area contributed by atoms with E-state index in [9.17, 15) is 9.59 Å². The maximum atomic E-state index is 12.6. The molecule has 0 radical (unpaired) electrons. The van der Waals surface area contributed by atoms with Crippen molar-refractivity contribution in [2.75, 3.05) is 13.1 Å². The first-order chi connectivity index (χ1) is 13.2.